The zero-order chi connectivity index (χ0) is 13.7. The molecule has 1 fully saturated rings. The van der Waals surface area contributed by atoms with Gasteiger partial charge in [-0.2, -0.15) is 0 Å². The molecule has 1 aromatic carbocycles. The Morgan fingerprint density at radius 2 is 2.21 bits per heavy atom. The lowest BCUT2D eigenvalue weighted by Gasteiger charge is -2.32. The Labute approximate surface area is 114 Å². The lowest BCUT2D eigenvalue weighted by atomic mass is 9.98. The zero-order valence-electron chi connectivity index (χ0n) is 11.7. The second kappa shape index (κ2) is 6.75. The molecule has 0 amide bonds. The molecule has 0 spiro atoms. The molecule has 106 valence electrons. The molecular weight excluding hydrogens is 244 g/mol. The van der Waals surface area contributed by atoms with E-state index in [1.807, 2.05) is 25.2 Å². The number of ether oxygens (including phenoxy) is 3. The van der Waals surface area contributed by atoms with Crippen molar-refractivity contribution in [2.75, 3.05) is 41.0 Å². The van der Waals surface area contributed by atoms with E-state index in [-0.39, 0.29) is 12.1 Å². The molecule has 0 aliphatic carbocycles. The minimum absolute atomic E-state index is 0.140. The van der Waals surface area contributed by atoms with Gasteiger partial charge >= 0.3 is 0 Å². The smallest absolute Gasteiger partial charge is 0.127 e. The average Bonchev–Trinajstić information content (AvgIpc) is 2.49. The normalized spacial score (nSPS) is 20.9. The van der Waals surface area contributed by atoms with Gasteiger partial charge in [-0.25, -0.2) is 0 Å². The SMILES string of the molecule is CNC(c1ccc(OC)cc1OC)C1COCCN1. The standard InChI is InChI=1S/C14H22N2O3/c1-15-14(12-9-19-7-6-16-12)11-5-4-10(17-2)8-13(11)18-3/h4-5,8,12,14-16H,6-7,9H2,1-3H3. The first-order valence-corrected chi connectivity index (χ1v) is 6.50. The Bertz CT molecular complexity index is 406. The molecule has 0 saturated carbocycles. The maximum atomic E-state index is 5.54. The van der Waals surface area contributed by atoms with Crippen LogP contribution in [0.25, 0.3) is 0 Å². The van der Waals surface area contributed by atoms with Gasteiger partial charge in [0.2, 0.25) is 0 Å². The third-order valence-corrected chi connectivity index (χ3v) is 3.44. The second-order valence-electron chi connectivity index (χ2n) is 4.51. The fourth-order valence-corrected chi connectivity index (χ4v) is 2.45. The summed E-state index contributed by atoms with van der Waals surface area (Å²) in [7, 11) is 5.28. The van der Waals surface area contributed by atoms with Gasteiger partial charge in [-0.15, -0.1) is 0 Å². The number of nitrogens with one attached hydrogen (secondary N) is 2. The third-order valence-electron chi connectivity index (χ3n) is 3.44. The molecule has 1 aliphatic heterocycles. The summed E-state index contributed by atoms with van der Waals surface area (Å²) >= 11 is 0. The summed E-state index contributed by atoms with van der Waals surface area (Å²) in [5, 5.41) is 6.81. The van der Waals surface area contributed by atoms with Crippen LogP contribution in [0.4, 0.5) is 0 Å². The van der Waals surface area contributed by atoms with Crippen LogP contribution in [0.15, 0.2) is 18.2 Å². The largest absolute Gasteiger partial charge is 0.497 e. The summed E-state index contributed by atoms with van der Waals surface area (Å²) in [4.78, 5) is 0. The molecule has 1 saturated heterocycles. The maximum Gasteiger partial charge on any atom is 0.127 e. The molecule has 0 radical (unpaired) electrons. The molecule has 5 nitrogen and oxygen atoms in total. The molecule has 5 heteroatoms. The highest BCUT2D eigenvalue weighted by Crippen LogP contribution is 2.31. The number of hydrogen-bond donors (Lipinski definition) is 2. The number of hydrogen-bond acceptors (Lipinski definition) is 5. The molecule has 0 aromatic heterocycles. The van der Waals surface area contributed by atoms with Crippen molar-refractivity contribution >= 4 is 0 Å². The van der Waals surface area contributed by atoms with E-state index in [2.05, 4.69) is 10.6 Å². The monoisotopic (exact) mass is 266 g/mol. The number of rotatable bonds is 5. The highest BCUT2D eigenvalue weighted by Gasteiger charge is 2.26. The van der Waals surface area contributed by atoms with Gasteiger partial charge < -0.3 is 24.8 Å². The predicted octanol–water partition coefficient (Wildman–Crippen LogP) is 0.953. The van der Waals surface area contributed by atoms with Crippen LogP contribution in [0, 0.1) is 0 Å². The Kier molecular flexibility index (Phi) is 5.01. The molecule has 1 aliphatic rings. The van der Waals surface area contributed by atoms with E-state index in [0.29, 0.717) is 6.61 Å². The van der Waals surface area contributed by atoms with E-state index >= 15 is 0 Å². The van der Waals surface area contributed by atoms with E-state index in [1.54, 1.807) is 14.2 Å². The van der Waals surface area contributed by atoms with Crippen LogP contribution in [-0.2, 0) is 4.74 Å². The predicted molar refractivity (Wildman–Crippen MR) is 74.0 cm³/mol. The van der Waals surface area contributed by atoms with E-state index < -0.39 is 0 Å². The minimum atomic E-state index is 0.140. The highest BCUT2D eigenvalue weighted by atomic mass is 16.5. The first kappa shape index (κ1) is 14.1. The van der Waals surface area contributed by atoms with E-state index in [1.165, 1.54) is 0 Å². The van der Waals surface area contributed by atoms with E-state index in [0.717, 1.165) is 30.2 Å². The van der Waals surface area contributed by atoms with Crippen LogP contribution in [0.3, 0.4) is 0 Å². The fourth-order valence-electron chi connectivity index (χ4n) is 2.45. The molecule has 2 N–H and O–H groups in total. The van der Waals surface area contributed by atoms with Gasteiger partial charge in [0.15, 0.2) is 0 Å². The van der Waals surface area contributed by atoms with Gasteiger partial charge in [0, 0.05) is 18.2 Å². The number of methoxy groups -OCH3 is 2. The summed E-state index contributed by atoms with van der Waals surface area (Å²) in [5.74, 6) is 1.62. The molecule has 1 aromatic rings. The first-order valence-electron chi connectivity index (χ1n) is 6.50. The van der Waals surface area contributed by atoms with Crippen molar-refractivity contribution in [1.29, 1.82) is 0 Å². The Hall–Kier alpha value is -1.30. The second-order valence-corrected chi connectivity index (χ2v) is 4.51. The number of benzene rings is 1. The van der Waals surface area contributed by atoms with Crippen LogP contribution >= 0.6 is 0 Å². The summed E-state index contributed by atoms with van der Waals surface area (Å²) in [6.45, 7) is 2.34. The van der Waals surface area contributed by atoms with Gasteiger partial charge in [-0.05, 0) is 13.1 Å². The van der Waals surface area contributed by atoms with Crippen molar-refractivity contribution in [3.63, 3.8) is 0 Å². The first-order chi connectivity index (χ1) is 9.30. The topological polar surface area (TPSA) is 51.8 Å². The number of morpholine rings is 1. The van der Waals surface area contributed by atoms with Crippen LogP contribution in [0.2, 0.25) is 0 Å². The molecule has 2 unspecified atom stereocenters. The average molecular weight is 266 g/mol. The summed E-state index contributed by atoms with van der Waals surface area (Å²) in [5.41, 5.74) is 1.11. The van der Waals surface area contributed by atoms with Gasteiger partial charge in [0.1, 0.15) is 11.5 Å². The van der Waals surface area contributed by atoms with Crippen molar-refractivity contribution in [1.82, 2.24) is 10.6 Å². The minimum Gasteiger partial charge on any atom is -0.497 e. The van der Waals surface area contributed by atoms with Gasteiger partial charge in [0.05, 0.1) is 39.5 Å². The van der Waals surface area contributed by atoms with E-state index in [9.17, 15) is 0 Å². The van der Waals surface area contributed by atoms with Crippen LogP contribution in [0.1, 0.15) is 11.6 Å². The molecule has 1 heterocycles. The molecule has 0 bridgehead atoms. The lowest BCUT2D eigenvalue weighted by Crippen LogP contribution is -2.48. The highest BCUT2D eigenvalue weighted by molar-refractivity contribution is 5.43. The molecule has 2 atom stereocenters. The molecular formula is C14H22N2O3. The van der Waals surface area contributed by atoms with Crippen LogP contribution < -0.4 is 20.1 Å². The van der Waals surface area contributed by atoms with Gasteiger partial charge in [-0.3, -0.25) is 0 Å². The maximum absolute atomic E-state index is 5.54. The van der Waals surface area contributed by atoms with Crippen molar-refractivity contribution in [3.8, 4) is 11.5 Å². The molecule has 2 rings (SSSR count). The summed E-state index contributed by atoms with van der Waals surface area (Å²) in [6, 6.07) is 6.27. The van der Waals surface area contributed by atoms with Crippen molar-refractivity contribution < 1.29 is 14.2 Å². The summed E-state index contributed by atoms with van der Waals surface area (Å²) in [6.07, 6.45) is 0. The van der Waals surface area contributed by atoms with Crippen molar-refractivity contribution in [3.05, 3.63) is 23.8 Å². The van der Waals surface area contributed by atoms with Crippen LogP contribution in [-0.4, -0.2) is 47.1 Å². The van der Waals surface area contributed by atoms with Gasteiger partial charge in [-0.1, -0.05) is 6.07 Å². The Morgan fingerprint density at radius 1 is 1.37 bits per heavy atom. The third kappa shape index (κ3) is 3.18. The Balaban J connectivity index is 2.26. The van der Waals surface area contributed by atoms with E-state index in [4.69, 9.17) is 14.2 Å². The van der Waals surface area contributed by atoms with Crippen LogP contribution in [0.5, 0.6) is 11.5 Å². The molecule has 19 heavy (non-hydrogen) atoms. The van der Waals surface area contributed by atoms with Gasteiger partial charge in [0.25, 0.3) is 0 Å². The fraction of sp³-hybridized carbons (Fsp3) is 0.571. The number of likely N-dealkylation sites (N-methyl/N-ethyl adjacent to an activating group) is 1. The van der Waals surface area contributed by atoms with Crippen molar-refractivity contribution in [2.45, 2.75) is 12.1 Å². The lowest BCUT2D eigenvalue weighted by molar-refractivity contribution is 0.0642. The quantitative estimate of drug-likeness (QED) is 0.831. The van der Waals surface area contributed by atoms with Crippen molar-refractivity contribution in [2.24, 2.45) is 0 Å². The zero-order valence-corrected chi connectivity index (χ0v) is 11.7. The summed E-state index contributed by atoms with van der Waals surface area (Å²) < 4.78 is 16.2. The Morgan fingerprint density at radius 3 is 2.79 bits per heavy atom.